The Kier molecular flexibility index (Phi) is 6.16. The second-order valence-electron chi connectivity index (χ2n) is 5.27. The number of nitrogens with one attached hydrogen (secondary N) is 1. The van der Waals surface area contributed by atoms with Crippen molar-refractivity contribution in [3.8, 4) is 0 Å². The lowest BCUT2D eigenvalue weighted by Gasteiger charge is -2.21. The Hall–Kier alpha value is -0.920. The zero-order valence-corrected chi connectivity index (χ0v) is 13.5. The lowest BCUT2D eigenvalue weighted by atomic mass is 10.1. The van der Waals surface area contributed by atoms with E-state index in [2.05, 4.69) is 24.4 Å². The van der Waals surface area contributed by atoms with Gasteiger partial charge in [0.25, 0.3) is 0 Å². The van der Waals surface area contributed by atoms with E-state index in [0.717, 1.165) is 18.5 Å². The SMILES string of the molecule is CCC(CC)n1ccc(CC(NN)C(C)S(C)(=O)=O)n1. The molecule has 0 amide bonds. The zero-order chi connectivity index (χ0) is 15.3. The van der Waals surface area contributed by atoms with Crippen molar-refractivity contribution in [3.63, 3.8) is 0 Å². The molecule has 20 heavy (non-hydrogen) atoms. The van der Waals surface area contributed by atoms with Gasteiger partial charge in [-0.05, 0) is 25.8 Å². The number of nitrogens with two attached hydrogens (primary N) is 1. The van der Waals surface area contributed by atoms with Gasteiger partial charge >= 0.3 is 0 Å². The van der Waals surface area contributed by atoms with E-state index in [9.17, 15) is 8.42 Å². The number of rotatable bonds is 8. The summed E-state index contributed by atoms with van der Waals surface area (Å²) in [4.78, 5) is 0. The molecule has 0 radical (unpaired) electrons. The van der Waals surface area contributed by atoms with Gasteiger partial charge in [-0.3, -0.25) is 16.0 Å². The summed E-state index contributed by atoms with van der Waals surface area (Å²) < 4.78 is 25.2. The first-order chi connectivity index (χ1) is 9.33. The second kappa shape index (κ2) is 7.19. The van der Waals surface area contributed by atoms with Crippen LogP contribution in [0.3, 0.4) is 0 Å². The summed E-state index contributed by atoms with van der Waals surface area (Å²) in [5.74, 6) is 5.49. The first-order valence-corrected chi connectivity index (χ1v) is 8.97. The molecule has 0 spiro atoms. The summed E-state index contributed by atoms with van der Waals surface area (Å²) in [6.45, 7) is 5.93. The number of sulfone groups is 1. The van der Waals surface area contributed by atoms with Gasteiger partial charge in [0.15, 0.2) is 9.84 Å². The topological polar surface area (TPSA) is 90.0 Å². The van der Waals surface area contributed by atoms with E-state index in [1.807, 2.05) is 16.9 Å². The molecule has 0 saturated heterocycles. The molecule has 0 bridgehead atoms. The summed E-state index contributed by atoms with van der Waals surface area (Å²) in [7, 11) is -3.13. The van der Waals surface area contributed by atoms with E-state index < -0.39 is 15.1 Å². The highest BCUT2D eigenvalue weighted by molar-refractivity contribution is 7.91. The molecule has 6 nitrogen and oxygen atoms in total. The summed E-state index contributed by atoms with van der Waals surface area (Å²) in [5, 5.41) is 3.98. The summed E-state index contributed by atoms with van der Waals surface area (Å²) in [5.41, 5.74) is 3.45. The highest BCUT2D eigenvalue weighted by atomic mass is 32.2. The zero-order valence-electron chi connectivity index (χ0n) is 12.7. The molecule has 1 aromatic rings. The molecule has 7 heteroatoms. The molecule has 1 heterocycles. The number of hydrazine groups is 1. The lowest BCUT2D eigenvalue weighted by Crippen LogP contribution is -2.47. The maximum atomic E-state index is 11.6. The maximum absolute atomic E-state index is 11.6. The van der Waals surface area contributed by atoms with E-state index in [4.69, 9.17) is 5.84 Å². The van der Waals surface area contributed by atoms with Crippen molar-refractivity contribution in [1.82, 2.24) is 15.2 Å². The Morgan fingerprint density at radius 1 is 1.40 bits per heavy atom. The second-order valence-corrected chi connectivity index (χ2v) is 7.67. The number of nitrogens with zero attached hydrogens (tertiary/aromatic N) is 2. The third kappa shape index (κ3) is 4.29. The van der Waals surface area contributed by atoms with Crippen LogP contribution in [0.15, 0.2) is 12.3 Å². The van der Waals surface area contributed by atoms with Gasteiger partial charge in [-0.15, -0.1) is 0 Å². The minimum atomic E-state index is -3.13. The van der Waals surface area contributed by atoms with E-state index in [1.54, 1.807) is 6.92 Å². The molecule has 0 fully saturated rings. The van der Waals surface area contributed by atoms with Crippen molar-refractivity contribution in [3.05, 3.63) is 18.0 Å². The fraction of sp³-hybridized carbons (Fsp3) is 0.769. The van der Waals surface area contributed by atoms with Gasteiger partial charge in [0.2, 0.25) is 0 Å². The molecule has 1 aromatic heterocycles. The molecule has 116 valence electrons. The monoisotopic (exact) mass is 302 g/mol. The van der Waals surface area contributed by atoms with Crippen LogP contribution in [0.1, 0.15) is 45.3 Å². The molecule has 0 aromatic carbocycles. The Morgan fingerprint density at radius 3 is 2.45 bits per heavy atom. The van der Waals surface area contributed by atoms with Crippen molar-refractivity contribution in [2.75, 3.05) is 6.26 Å². The third-order valence-electron chi connectivity index (χ3n) is 3.87. The number of hydrogen-bond donors (Lipinski definition) is 2. The van der Waals surface area contributed by atoms with Crippen LogP contribution >= 0.6 is 0 Å². The highest BCUT2D eigenvalue weighted by Crippen LogP contribution is 2.16. The van der Waals surface area contributed by atoms with Crippen molar-refractivity contribution >= 4 is 9.84 Å². The van der Waals surface area contributed by atoms with Crippen LogP contribution in [0.25, 0.3) is 0 Å². The summed E-state index contributed by atoms with van der Waals surface area (Å²) >= 11 is 0. The standard InChI is InChI=1S/C13H26N4O2S/c1-5-12(6-2)17-8-7-11(16-17)9-13(15-14)10(3)20(4,18)19/h7-8,10,12-13,15H,5-6,9,14H2,1-4H3. The molecule has 0 aliphatic carbocycles. The van der Waals surface area contributed by atoms with Crippen LogP contribution in [-0.2, 0) is 16.3 Å². The molecule has 2 unspecified atom stereocenters. The molecular weight excluding hydrogens is 276 g/mol. The first-order valence-electron chi connectivity index (χ1n) is 7.02. The van der Waals surface area contributed by atoms with Crippen LogP contribution in [0.5, 0.6) is 0 Å². The fourth-order valence-electron chi connectivity index (χ4n) is 2.24. The molecule has 0 aliphatic rings. The van der Waals surface area contributed by atoms with Gasteiger partial charge < -0.3 is 0 Å². The normalized spacial score (nSPS) is 15.5. The van der Waals surface area contributed by atoms with Gasteiger partial charge in [0, 0.05) is 24.9 Å². The van der Waals surface area contributed by atoms with Crippen molar-refractivity contribution in [1.29, 1.82) is 0 Å². The largest absolute Gasteiger partial charge is 0.271 e. The molecule has 2 atom stereocenters. The van der Waals surface area contributed by atoms with Crippen LogP contribution in [-0.4, -0.2) is 35.7 Å². The number of aromatic nitrogens is 2. The number of hydrogen-bond acceptors (Lipinski definition) is 5. The van der Waals surface area contributed by atoms with Crippen LogP contribution in [0, 0.1) is 0 Å². The Balaban J connectivity index is 2.81. The quantitative estimate of drug-likeness (QED) is 0.553. The van der Waals surface area contributed by atoms with E-state index in [1.165, 1.54) is 6.26 Å². The fourth-order valence-corrected chi connectivity index (χ4v) is 3.01. The first kappa shape index (κ1) is 17.1. The highest BCUT2D eigenvalue weighted by Gasteiger charge is 2.26. The van der Waals surface area contributed by atoms with Crippen LogP contribution < -0.4 is 11.3 Å². The van der Waals surface area contributed by atoms with E-state index in [-0.39, 0.29) is 6.04 Å². The molecule has 3 N–H and O–H groups in total. The van der Waals surface area contributed by atoms with Gasteiger partial charge in [0.1, 0.15) is 0 Å². The minimum Gasteiger partial charge on any atom is -0.271 e. The summed E-state index contributed by atoms with van der Waals surface area (Å²) in [6.07, 6.45) is 5.72. The van der Waals surface area contributed by atoms with Crippen molar-refractivity contribution in [2.45, 2.75) is 57.4 Å². The lowest BCUT2D eigenvalue weighted by molar-refractivity contribution is 0.421. The predicted molar refractivity (Wildman–Crippen MR) is 81.0 cm³/mol. The molecule has 0 saturated carbocycles. The van der Waals surface area contributed by atoms with Gasteiger partial charge in [0.05, 0.1) is 17.0 Å². The minimum absolute atomic E-state index is 0.338. The average molecular weight is 302 g/mol. The Bertz CT molecular complexity index is 508. The van der Waals surface area contributed by atoms with Crippen LogP contribution in [0.4, 0.5) is 0 Å². The molecular formula is C13H26N4O2S. The van der Waals surface area contributed by atoms with Crippen molar-refractivity contribution in [2.24, 2.45) is 5.84 Å². The average Bonchev–Trinajstić information content (AvgIpc) is 2.84. The third-order valence-corrected chi connectivity index (χ3v) is 5.54. The summed E-state index contributed by atoms with van der Waals surface area (Å²) in [6, 6.07) is 1.98. The molecule has 1 rings (SSSR count). The predicted octanol–water partition coefficient (Wildman–Crippen LogP) is 1.05. The molecule has 0 aliphatic heterocycles. The van der Waals surface area contributed by atoms with E-state index >= 15 is 0 Å². The smallest absolute Gasteiger partial charge is 0.151 e. The van der Waals surface area contributed by atoms with E-state index in [0.29, 0.717) is 12.5 Å². The van der Waals surface area contributed by atoms with Gasteiger partial charge in [-0.1, -0.05) is 13.8 Å². The Labute approximate surface area is 121 Å². The Morgan fingerprint density at radius 2 is 2.00 bits per heavy atom. The van der Waals surface area contributed by atoms with Crippen molar-refractivity contribution < 1.29 is 8.42 Å². The van der Waals surface area contributed by atoms with Gasteiger partial charge in [-0.2, -0.15) is 5.10 Å². The maximum Gasteiger partial charge on any atom is 0.151 e. The van der Waals surface area contributed by atoms with Crippen LogP contribution in [0.2, 0.25) is 0 Å². The van der Waals surface area contributed by atoms with Gasteiger partial charge in [-0.25, -0.2) is 8.42 Å².